The van der Waals surface area contributed by atoms with Crippen molar-refractivity contribution in [3.63, 3.8) is 0 Å². The summed E-state index contributed by atoms with van der Waals surface area (Å²) in [6.07, 6.45) is 3.64. The van der Waals surface area contributed by atoms with Crippen molar-refractivity contribution in [1.82, 2.24) is 20.4 Å². The monoisotopic (exact) mass is 224 g/mol. The van der Waals surface area contributed by atoms with Gasteiger partial charge in [-0.3, -0.25) is 9.48 Å². The van der Waals surface area contributed by atoms with E-state index >= 15 is 0 Å². The zero-order valence-electron chi connectivity index (χ0n) is 10.2. The lowest BCUT2D eigenvalue weighted by molar-refractivity contribution is -0.121. The van der Waals surface area contributed by atoms with E-state index in [2.05, 4.69) is 15.7 Å². The van der Waals surface area contributed by atoms with E-state index in [-0.39, 0.29) is 11.4 Å². The minimum Gasteiger partial charge on any atom is -0.350 e. The lowest BCUT2D eigenvalue weighted by Gasteiger charge is -2.20. The summed E-state index contributed by atoms with van der Waals surface area (Å²) in [5, 5.41) is 10.0. The molecular weight excluding hydrogens is 204 g/mol. The second kappa shape index (κ2) is 5.65. The van der Waals surface area contributed by atoms with Gasteiger partial charge >= 0.3 is 0 Å². The fraction of sp³-hybridized carbons (Fsp3) is 0.636. The largest absolute Gasteiger partial charge is 0.350 e. The molecule has 0 saturated heterocycles. The highest BCUT2D eigenvalue weighted by Crippen LogP contribution is 1.96. The van der Waals surface area contributed by atoms with Gasteiger partial charge in [0.1, 0.15) is 0 Å². The van der Waals surface area contributed by atoms with Gasteiger partial charge in [0.05, 0.1) is 13.1 Å². The third-order valence-corrected chi connectivity index (χ3v) is 1.88. The minimum absolute atomic E-state index is 0.0213. The first kappa shape index (κ1) is 12.7. The summed E-state index contributed by atoms with van der Waals surface area (Å²) < 4.78 is 1.83. The summed E-state index contributed by atoms with van der Waals surface area (Å²) in [5.41, 5.74) is -0.166. The van der Waals surface area contributed by atoms with Gasteiger partial charge in [-0.25, -0.2) is 0 Å². The van der Waals surface area contributed by atoms with Crippen LogP contribution in [-0.4, -0.2) is 34.3 Å². The second-order valence-corrected chi connectivity index (χ2v) is 4.74. The highest BCUT2D eigenvalue weighted by Gasteiger charge is 2.12. The molecule has 90 valence electrons. The molecule has 1 heterocycles. The van der Waals surface area contributed by atoms with Crippen LogP contribution in [0.25, 0.3) is 0 Å². The van der Waals surface area contributed by atoms with Crippen molar-refractivity contribution in [3.05, 3.63) is 18.5 Å². The molecule has 0 saturated carbocycles. The highest BCUT2D eigenvalue weighted by molar-refractivity contribution is 5.78. The van der Waals surface area contributed by atoms with Crippen LogP contribution in [0.3, 0.4) is 0 Å². The van der Waals surface area contributed by atoms with Crippen molar-refractivity contribution in [2.45, 2.75) is 32.9 Å². The molecule has 0 bridgehead atoms. The van der Waals surface area contributed by atoms with Gasteiger partial charge in [-0.1, -0.05) is 0 Å². The van der Waals surface area contributed by atoms with Crippen molar-refractivity contribution < 1.29 is 4.79 Å². The molecule has 0 aromatic carbocycles. The lowest BCUT2D eigenvalue weighted by atomic mass is 10.1. The maximum absolute atomic E-state index is 11.4. The Morgan fingerprint density at radius 3 is 2.75 bits per heavy atom. The number of carbonyl (C=O) groups is 1. The Balaban J connectivity index is 2.09. The Kier molecular flexibility index (Phi) is 4.49. The number of carbonyl (C=O) groups excluding carboxylic acids is 1. The number of amides is 1. The van der Waals surface area contributed by atoms with Crippen LogP contribution in [-0.2, 0) is 11.3 Å². The molecule has 1 amide bonds. The van der Waals surface area contributed by atoms with Gasteiger partial charge in [0, 0.05) is 24.5 Å². The number of nitrogens with zero attached hydrogens (tertiary/aromatic N) is 2. The number of nitrogens with one attached hydrogen (secondary N) is 2. The second-order valence-electron chi connectivity index (χ2n) is 4.74. The average Bonchev–Trinajstić information content (AvgIpc) is 2.62. The van der Waals surface area contributed by atoms with Crippen molar-refractivity contribution in [2.24, 2.45) is 0 Å². The first-order valence-corrected chi connectivity index (χ1v) is 5.46. The smallest absolute Gasteiger partial charge is 0.234 e. The van der Waals surface area contributed by atoms with Crippen LogP contribution >= 0.6 is 0 Å². The van der Waals surface area contributed by atoms with Crippen LogP contribution < -0.4 is 10.6 Å². The Labute approximate surface area is 96.2 Å². The number of hydrogen-bond acceptors (Lipinski definition) is 3. The highest BCUT2D eigenvalue weighted by atomic mass is 16.2. The summed E-state index contributed by atoms with van der Waals surface area (Å²) >= 11 is 0. The molecule has 0 aliphatic heterocycles. The predicted molar refractivity (Wildman–Crippen MR) is 63.0 cm³/mol. The van der Waals surface area contributed by atoms with Gasteiger partial charge in [-0.05, 0) is 26.8 Å². The Bertz CT molecular complexity index is 313. The molecule has 1 rings (SSSR count). The minimum atomic E-state index is -0.166. The van der Waals surface area contributed by atoms with Crippen molar-refractivity contribution in [3.8, 4) is 0 Å². The van der Waals surface area contributed by atoms with Crippen LogP contribution in [0.15, 0.2) is 18.5 Å². The van der Waals surface area contributed by atoms with Crippen molar-refractivity contribution in [2.75, 3.05) is 13.1 Å². The summed E-state index contributed by atoms with van der Waals surface area (Å²) in [7, 11) is 0. The summed E-state index contributed by atoms with van der Waals surface area (Å²) in [6, 6.07) is 1.88. The number of hydrogen-bond donors (Lipinski definition) is 2. The van der Waals surface area contributed by atoms with Crippen LogP contribution in [0.1, 0.15) is 20.8 Å². The topological polar surface area (TPSA) is 59.0 Å². The summed E-state index contributed by atoms with van der Waals surface area (Å²) in [6.45, 7) is 7.76. The molecule has 5 nitrogen and oxygen atoms in total. The first-order valence-electron chi connectivity index (χ1n) is 5.46. The zero-order chi connectivity index (χ0) is 12.0. The van der Waals surface area contributed by atoms with Gasteiger partial charge in [0.15, 0.2) is 0 Å². The molecule has 0 spiro atoms. The zero-order valence-corrected chi connectivity index (χ0v) is 10.2. The fourth-order valence-electron chi connectivity index (χ4n) is 1.29. The molecule has 1 aromatic rings. The van der Waals surface area contributed by atoms with E-state index in [0.29, 0.717) is 6.54 Å². The number of rotatable bonds is 5. The Morgan fingerprint density at radius 2 is 2.19 bits per heavy atom. The lowest BCUT2D eigenvalue weighted by Crippen LogP contribution is -2.45. The molecular formula is C11H20N4O. The molecule has 0 radical (unpaired) electrons. The predicted octanol–water partition coefficient (Wildman–Crippen LogP) is 0.387. The van der Waals surface area contributed by atoms with E-state index in [0.717, 1.165) is 13.1 Å². The van der Waals surface area contributed by atoms with Crippen molar-refractivity contribution in [1.29, 1.82) is 0 Å². The Hall–Kier alpha value is -1.36. The maximum atomic E-state index is 11.4. The van der Waals surface area contributed by atoms with Crippen LogP contribution in [0, 0.1) is 0 Å². The van der Waals surface area contributed by atoms with E-state index in [4.69, 9.17) is 0 Å². The van der Waals surface area contributed by atoms with Crippen LogP contribution in [0.5, 0.6) is 0 Å². The van der Waals surface area contributed by atoms with Crippen LogP contribution in [0.4, 0.5) is 0 Å². The van der Waals surface area contributed by atoms with Gasteiger partial charge in [-0.15, -0.1) is 0 Å². The normalized spacial score (nSPS) is 11.4. The molecule has 0 aliphatic carbocycles. The van der Waals surface area contributed by atoms with Gasteiger partial charge in [-0.2, -0.15) is 5.10 Å². The molecule has 2 N–H and O–H groups in total. The average molecular weight is 224 g/mol. The van der Waals surface area contributed by atoms with Crippen LogP contribution in [0.2, 0.25) is 0 Å². The Morgan fingerprint density at radius 1 is 1.44 bits per heavy atom. The molecule has 0 atom stereocenters. The van der Waals surface area contributed by atoms with Gasteiger partial charge < -0.3 is 10.6 Å². The third kappa shape index (κ3) is 5.50. The van der Waals surface area contributed by atoms with Gasteiger partial charge in [0.2, 0.25) is 5.91 Å². The van der Waals surface area contributed by atoms with E-state index in [1.165, 1.54) is 0 Å². The first-order chi connectivity index (χ1) is 7.47. The summed E-state index contributed by atoms with van der Waals surface area (Å²) in [4.78, 5) is 11.4. The van der Waals surface area contributed by atoms with Crippen molar-refractivity contribution >= 4 is 5.91 Å². The quantitative estimate of drug-likeness (QED) is 0.711. The maximum Gasteiger partial charge on any atom is 0.234 e. The number of aromatic nitrogens is 2. The molecule has 1 aromatic heterocycles. The van der Waals surface area contributed by atoms with E-state index in [1.807, 2.05) is 37.7 Å². The SMILES string of the molecule is CC(C)(C)NC(=O)CNCCn1cccn1. The molecule has 5 heteroatoms. The standard InChI is InChI=1S/C11H20N4O/c1-11(2,3)14-10(16)9-12-6-8-15-7-4-5-13-15/h4-5,7,12H,6,8-9H2,1-3H3,(H,14,16). The molecule has 0 aliphatic rings. The summed E-state index contributed by atoms with van der Waals surface area (Å²) in [5.74, 6) is 0.0213. The molecule has 16 heavy (non-hydrogen) atoms. The molecule has 0 fully saturated rings. The van der Waals surface area contributed by atoms with E-state index < -0.39 is 0 Å². The van der Waals surface area contributed by atoms with E-state index in [1.54, 1.807) is 6.20 Å². The van der Waals surface area contributed by atoms with Gasteiger partial charge in [0.25, 0.3) is 0 Å². The van der Waals surface area contributed by atoms with E-state index in [9.17, 15) is 4.79 Å². The molecule has 0 unspecified atom stereocenters. The third-order valence-electron chi connectivity index (χ3n) is 1.88. The fourth-order valence-corrected chi connectivity index (χ4v) is 1.29.